The lowest BCUT2D eigenvalue weighted by Crippen LogP contribution is -2.37. The van der Waals surface area contributed by atoms with Crippen molar-refractivity contribution >= 4 is 11.3 Å². The molecule has 4 heteroatoms. The van der Waals surface area contributed by atoms with Crippen molar-refractivity contribution in [3.05, 3.63) is 15.6 Å². The van der Waals surface area contributed by atoms with Crippen molar-refractivity contribution in [3.63, 3.8) is 0 Å². The van der Waals surface area contributed by atoms with Gasteiger partial charge in [-0.3, -0.25) is 0 Å². The maximum absolute atomic E-state index is 6.22. The molecule has 0 atom stereocenters. The van der Waals surface area contributed by atoms with Crippen LogP contribution in [0.15, 0.2) is 0 Å². The van der Waals surface area contributed by atoms with Gasteiger partial charge in [0.05, 0.1) is 5.69 Å². The van der Waals surface area contributed by atoms with Crippen molar-refractivity contribution < 1.29 is 4.74 Å². The van der Waals surface area contributed by atoms with E-state index in [-0.39, 0.29) is 5.60 Å². The lowest BCUT2D eigenvalue weighted by atomic mass is 9.71. The number of aryl methyl sites for hydroxylation is 1. The first-order chi connectivity index (χ1) is 9.42. The Balaban J connectivity index is 2.27. The summed E-state index contributed by atoms with van der Waals surface area (Å²) in [6.07, 6.45) is 4.62. The molecule has 1 aromatic heterocycles. The van der Waals surface area contributed by atoms with Gasteiger partial charge in [0, 0.05) is 18.0 Å². The smallest absolute Gasteiger partial charge is 0.125 e. The third-order valence-electron chi connectivity index (χ3n) is 4.45. The van der Waals surface area contributed by atoms with E-state index in [2.05, 4.69) is 33.0 Å². The molecule has 1 aromatic rings. The Bertz CT molecular complexity index is 443. The highest BCUT2D eigenvalue weighted by Crippen LogP contribution is 2.48. The monoisotopic (exact) mass is 296 g/mol. The fourth-order valence-electron chi connectivity index (χ4n) is 2.97. The molecule has 114 valence electrons. The SMILES string of the molecule is CCOC1(c2nc(C)c(CNC)s2)CCC(C)(C)CC1. The number of aromatic nitrogens is 1. The van der Waals surface area contributed by atoms with Crippen LogP contribution in [0, 0.1) is 12.3 Å². The Morgan fingerprint density at radius 1 is 1.25 bits per heavy atom. The topological polar surface area (TPSA) is 34.1 Å². The van der Waals surface area contributed by atoms with Gasteiger partial charge in [0.15, 0.2) is 0 Å². The van der Waals surface area contributed by atoms with Crippen molar-refractivity contribution in [3.8, 4) is 0 Å². The molecule has 0 bridgehead atoms. The minimum atomic E-state index is -0.133. The van der Waals surface area contributed by atoms with E-state index in [1.165, 1.54) is 22.7 Å². The summed E-state index contributed by atoms with van der Waals surface area (Å²) in [5.41, 5.74) is 1.47. The minimum Gasteiger partial charge on any atom is -0.368 e. The van der Waals surface area contributed by atoms with Crippen molar-refractivity contribution in [2.24, 2.45) is 5.41 Å². The van der Waals surface area contributed by atoms with Crippen molar-refractivity contribution in [1.82, 2.24) is 10.3 Å². The zero-order valence-electron chi connectivity index (χ0n) is 13.5. The second kappa shape index (κ2) is 6.12. The first kappa shape index (κ1) is 15.9. The standard InChI is InChI=1S/C16H28N2OS/c1-6-19-16(9-7-15(3,4)8-10-16)14-18-12(2)13(20-14)11-17-5/h17H,6-11H2,1-5H3. The van der Waals surface area contributed by atoms with Gasteiger partial charge in [-0.1, -0.05) is 13.8 Å². The van der Waals surface area contributed by atoms with Gasteiger partial charge in [-0.15, -0.1) is 11.3 Å². The van der Waals surface area contributed by atoms with Gasteiger partial charge in [-0.05, 0) is 52.0 Å². The van der Waals surface area contributed by atoms with E-state index in [0.717, 1.165) is 31.7 Å². The molecular weight excluding hydrogens is 268 g/mol. The highest BCUT2D eigenvalue weighted by molar-refractivity contribution is 7.11. The van der Waals surface area contributed by atoms with E-state index in [1.54, 1.807) is 0 Å². The molecule has 0 spiro atoms. The summed E-state index contributed by atoms with van der Waals surface area (Å²) >= 11 is 1.83. The van der Waals surface area contributed by atoms with E-state index in [9.17, 15) is 0 Å². The van der Waals surface area contributed by atoms with Crippen LogP contribution in [-0.2, 0) is 16.9 Å². The molecule has 1 saturated carbocycles. The van der Waals surface area contributed by atoms with Gasteiger partial charge in [-0.25, -0.2) is 4.98 Å². The molecule has 0 aromatic carbocycles. The van der Waals surface area contributed by atoms with Gasteiger partial charge >= 0.3 is 0 Å². The molecule has 0 aliphatic heterocycles. The molecule has 0 amide bonds. The van der Waals surface area contributed by atoms with Crippen molar-refractivity contribution in [2.45, 2.75) is 65.5 Å². The molecule has 3 nitrogen and oxygen atoms in total. The highest BCUT2D eigenvalue weighted by Gasteiger charge is 2.42. The normalized spacial score (nSPS) is 21.1. The predicted octanol–water partition coefficient (Wildman–Crippen LogP) is 4.00. The van der Waals surface area contributed by atoms with Crippen LogP contribution in [0.5, 0.6) is 0 Å². The minimum absolute atomic E-state index is 0.133. The third-order valence-corrected chi connectivity index (χ3v) is 5.79. The number of nitrogens with zero attached hydrogens (tertiary/aromatic N) is 1. The number of hydrogen-bond donors (Lipinski definition) is 1. The van der Waals surface area contributed by atoms with Gasteiger partial charge in [0.25, 0.3) is 0 Å². The lowest BCUT2D eigenvalue weighted by molar-refractivity contribution is -0.0890. The van der Waals surface area contributed by atoms with Crippen molar-refractivity contribution in [2.75, 3.05) is 13.7 Å². The first-order valence-corrected chi connectivity index (χ1v) is 8.49. The Kier molecular flexibility index (Phi) is 4.88. The Hall–Kier alpha value is -0.450. The third kappa shape index (κ3) is 3.23. The van der Waals surface area contributed by atoms with E-state index in [0.29, 0.717) is 5.41 Å². The fourth-order valence-corrected chi connectivity index (χ4v) is 4.25. The van der Waals surface area contributed by atoms with E-state index in [1.807, 2.05) is 18.4 Å². The molecule has 0 unspecified atom stereocenters. The van der Waals surface area contributed by atoms with Crippen LogP contribution in [0.1, 0.15) is 62.0 Å². The second-order valence-electron chi connectivity index (χ2n) is 6.65. The predicted molar refractivity (Wildman–Crippen MR) is 85.2 cm³/mol. The number of rotatable bonds is 5. The number of ether oxygens (including phenoxy) is 1. The average Bonchev–Trinajstić information content (AvgIpc) is 2.75. The summed E-state index contributed by atoms with van der Waals surface area (Å²) in [5.74, 6) is 0. The zero-order chi connectivity index (χ0) is 14.8. The average molecular weight is 296 g/mol. The molecule has 0 radical (unpaired) electrons. The first-order valence-electron chi connectivity index (χ1n) is 7.68. The lowest BCUT2D eigenvalue weighted by Gasteiger charge is -2.42. The van der Waals surface area contributed by atoms with E-state index < -0.39 is 0 Å². The second-order valence-corrected chi connectivity index (χ2v) is 7.73. The maximum Gasteiger partial charge on any atom is 0.125 e. The molecular formula is C16H28N2OS. The van der Waals surface area contributed by atoms with Crippen LogP contribution in [0.2, 0.25) is 0 Å². The Morgan fingerprint density at radius 2 is 1.90 bits per heavy atom. The Morgan fingerprint density at radius 3 is 2.45 bits per heavy atom. The van der Waals surface area contributed by atoms with Crippen LogP contribution in [0.25, 0.3) is 0 Å². The molecule has 1 heterocycles. The number of nitrogens with one attached hydrogen (secondary N) is 1. The molecule has 1 fully saturated rings. The summed E-state index contributed by atoms with van der Waals surface area (Å²) in [7, 11) is 1.99. The summed E-state index contributed by atoms with van der Waals surface area (Å²) in [4.78, 5) is 6.18. The van der Waals surface area contributed by atoms with Crippen LogP contribution in [0.4, 0.5) is 0 Å². The Labute approximate surface area is 127 Å². The van der Waals surface area contributed by atoms with Gasteiger partial charge in [0.2, 0.25) is 0 Å². The van der Waals surface area contributed by atoms with Crippen LogP contribution < -0.4 is 5.32 Å². The van der Waals surface area contributed by atoms with Gasteiger partial charge in [0.1, 0.15) is 10.6 Å². The van der Waals surface area contributed by atoms with E-state index >= 15 is 0 Å². The maximum atomic E-state index is 6.22. The highest BCUT2D eigenvalue weighted by atomic mass is 32.1. The zero-order valence-corrected chi connectivity index (χ0v) is 14.3. The molecule has 2 rings (SSSR count). The molecule has 1 aliphatic rings. The van der Waals surface area contributed by atoms with Crippen molar-refractivity contribution in [1.29, 1.82) is 0 Å². The molecule has 0 saturated heterocycles. The summed E-state index contributed by atoms with van der Waals surface area (Å²) in [6, 6.07) is 0. The largest absolute Gasteiger partial charge is 0.368 e. The van der Waals surface area contributed by atoms with Gasteiger partial charge < -0.3 is 10.1 Å². The number of thiazole rings is 1. The molecule has 20 heavy (non-hydrogen) atoms. The summed E-state index contributed by atoms with van der Waals surface area (Å²) in [5, 5.41) is 4.42. The fraction of sp³-hybridized carbons (Fsp3) is 0.812. The quantitative estimate of drug-likeness (QED) is 0.891. The van der Waals surface area contributed by atoms with E-state index in [4.69, 9.17) is 9.72 Å². The molecule has 1 aliphatic carbocycles. The summed E-state index contributed by atoms with van der Waals surface area (Å²) < 4.78 is 6.22. The van der Waals surface area contributed by atoms with Crippen LogP contribution >= 0.6 is 11.3 Å². The van der Waals surface area contributed by atoms with Gasteiger partial charge in [-0.2, -0.15) is 0 Å². The number of hydrogen-bond acceptors (Lipinski definition) is 4. The van der Waals surface area contributed by atoms with Crippen LogP contribution in [0.3, 0.4) is 0 Å². The summed E-state index contributed by atoms with van der Waals surface area (Å²) in [6.45, 7) is 10.6. The molecule has 1 N–H and O–H groups in total. The van der Waals surface area contributed by atoms with Crippen LogP contribution in [-0.4, -0.2) is 18.6 Å².